The van der Waals surface area contributed by atoms with Gasteiger partial charge in [0.25, 0.3) is 0 Å². The molecule has 0 radical (unpaired) electrons. The van der Waals surface area contributed by atoms with Crippen LogP contribution < -0.4 is 10.6 Å². The van der Waals surface area contributed by atoms with Crippen molar-refractivity contribution < 1.29 is 4.79 Å². The number of amides is 1. The lowest BCUT2D eigenvalue weighted by Crippen LogP contribution is -2.38. The molecular formula is C13H17ClN2O. The van der Waals surface area contributed by atoms with E-state index in [2.05, 4.69) is 10.6 Å². The summed E-state index contributed by atoms with van der Waals surface area (Å²) in [6.07, 6.45) is 2.21. The van der Waals surface area contributed by atoms with E-state index in [1.165, 1.54) is 0 Å². The third-order valence-corrected chi connectivity index (χ3v) is 3.28. The summed E-state index contributed by atoms with van der Waals surface area (Å²) in [4.78, 5) is 11.7. The smallest absolute Gasteiger partial charge is 0.242 e. The molecule has 1 aromatic rings. The highest BCUT2D eigenvalue weighted by atomic mass is 35.5. The molecule has 17 heavy (non-hydrogen) atoms. The molecule has 1 aliphatic carbocycles. The Labute approximate surface area is 107 Å². The number of carbonyl (C=O) groups excluding carboxylic acids is 1. The fourth-order valence-electron chi connectivity index (χ4n) is 1.55. The Morgan fingerprint density at radius 2 is 2.18 bits per heavy atom. The Balaban J connectivity index is 1.94. The molecule has 4 heteroatoms. The number of hydrogen-bond acceptors (Lipinski definition) is 2. The highest BCUT2D eigenvalue weighted by molar-refractivity contribution is 6.31. The van der Waals surface area contributed by atoms with E-state index < -0.39 is 0 Å². The number of benzene rings is 1. The normalized spacial score (nSPS) is 16.4. The molecule has 1 fully saturated rings. The monoisotopic (exact) mass is 252 g/mol. The SMILES string of the molecule is Cc1ccc(NC(C)C(=O)NC2CC2)cc1Cl. The van der Waals surface area contributed by atoms with Gasteiger partial charge in [0.1, 0.15) is 6.04 Å². The van der Waals surface area contributed by atoms with E-state index in [0.717, 1.165) is 24.1 Å². The maximum atomic E-state index is 11.7. The minimum absolute atomic E-state index is 0.0456. The number of aryl methyl sites for hydroxylation is 1. The lowest BCUT2D eigenvalue weighted by molar-refractivity contribution is -0.121. The molecular weight excluding hydrogens is 236 g/mol. The van der Waals surface area contributed by atoms with Crippen LogP contribution in [0.3, 0.4) is 0 Å². The van der Waals surface area contributed by atoms with E-state index in [0.29, 0.717) is 11.1 Å². The molecule has 2 N–H and O–H groups in total. The second kappa shape index (κ2) is 4.96. The van der Waals surface area contributed by atoms with Gasteiger partial charge in [-0.1, -0.05) is 17.7 Å². The van der Waals surface area contributed by atoms with Crippen molar-refractivity contribution >= 4 is 23.2 Å². The van der Waals surface area contributed by atoms with Crippen LogP contribution in [0, 0.1) is 6.92 Å². The van der Waals surface area contributed by atoms with E-state index in [-0.39, 0.29) is 11.9 Å². The molecule has 0 saturated heterocycles. The van der Waals surface area contributed by atoms with Crippen LogP contribution in [0.2, 0.25) is 5.02 Å². The van der Waals surface area contributed by atoms with Gasteiger partial charge in [-0.05, 0) is 44.4 Å². The van der Waals surface area contributed by atoms with Crippen LogP contribution in [0.4, 0.5) is 5.69 Å². The lowest BCUT2D eigenvalue weighted by Gasteiger charge is -2.15. The van der Waals surface area contributed by atoms with E-state index in [1.807, 2.05) is 32.0 Å². The maximum absolute atomic E-state index is 11.7. The predicted octanol–water partition coefficient (Wildman–Crippen LogP) is 2.73. The average molecular weight is 253 g/mol. The molecule has 3 nitrogen and oxygen atoms in total. The molecule has 2 rings (SSSR count). The first-order valence-electron chi connectivity index (χ1n) is 5.89. The molecule has 1 atom stereocenters. The minimum atomic E-state index is -0.241. The van der Waals surface area contributed by atoms with Crippen molar-refractivity contribution in [2.75, 3.05) is 5.32 Å². The van der Waals surface area contributed by atoms with Crippen LogP contribution in [-0.2, 0) is 4.79 Å². The van der Waals surface area contributed by atoms with E-state index in [9.17, 15) is 4.79 Å². The molecule has 0 aliphatic heterocycles. The zero-order valence-electron chi connectivity index (χ0n) is 10.1. The van der Waals surface area contributed by atoms with Gasteiger partial charge in [0, 0.05) is 16.8 Å². The first kappa shape index (κ1) is 12.2. The van der Waals surface area contributed by atoms with E-state index in [4.69, 9.17) is 11.6 Å². The van der Waals surface area contributed by atoms with Crippen LogP contribution in [0.25, 0.3) is 0 Å². The standard InChI is InChI=1S/C13H17ClN2O/c1-8-3-4-11(7-12(8)14)15-9(2)13(17)16-10-5-6-10/h3-4,7,9-10,15H,5-6H2,1-2H3,(H,16,17). The molecule has 0 aromatic heterocycles. The number of hydrogen-bond donors (Lipinski definition) is 2. The van der Waals surface area contributed by atoms with Gasteiger partial charge in [-0.2, -0.15) is 0 Å². The fourth-order valence-corrected chi connectivity index (χ4v) is 1.73. The highest BCUT2D eigenvalue weighted by Crippen LogP contribution is 2.21. The summed E-state index contributed by atoms with van der Waals surface area (Å²) in [5.41, 5.74) is 1.91. The van der Waals surface area contributed by atoms with Crippen LogP contribution in [0.5, 0.6) is 0 Å². The molecule has 92 valence electrons. The lowest BCUT2D eigenvalue weighted by atomic mass is 10.2. The Kier molecular flexibility index (Phi) is 3.57. The maximum Gasteiger partial charge on any atom is 0.242 e. The Hall–Kier alpha value is -1.22. The molecule has 1 aliphatic rings. The van der Waals surface area contributed by atoms with Crippen molar-refractivity contribution in [3.63, 3.8) is 0 Å². The third-order valence-electron chi connectivity index (χ3n) is 2.87. The molecule has 1 aromatic carbocycles. The van der Waals surface area contributed by atoms with Gasteiger partial charge in [-0.3, -0.25) is 4.79 Å². The topological polar surface area (TPSA) is 41.1 Å². The number of carbonyl (C=O) groups is 1. The second-order valence-corrected chi connectivity index (χ2v) is 5.02. The molecule has 1 saturated carbocycles. The number of halogens is 1. The number of anilines is 1. The quantitative estimate of drug-likeness (QED) is 0.865. The molecule has 1 amide bonds. The number of rotatable bonds is 4. The Bertz CT molecular complexity index is 429. The summed E-state index contributed by atoms with van der Waals surface area (Å²) in [5.74, 6) is 0.0456. The highest BCUT2D eigenvalue weighted by Gasteiger charge is 2.25. The van der Waals surface area contributed by atoms with Crippen LogP contribution in [0.15, 0.2) is 18.2 Å². The van der Waals surface area contributed by atoms with Crippen molar-refractivity contribution in [1.82, 2.24) is 5.32 Å². The Morgan fingerprint density at radius 1 is 1.47 bits per heavy atom. The summed E-state index contributed by atoms with van der Waals surface area (Å²) < 4.78 is 0. The van der Waals surface area contributed by atoms with Crippen molar-refractivity contribution in [2.45, 2.75) is 38.8 Å². The summed E-state index contributed by atoms with van der Waals surface area (Å²) in [6.45, 7) is 3.81. The summed E-state index contributed by atoms with van der Waals surface area (Å²) in [7, 11) is 0. The van der Waals surface area contributed by atoms with Gasteiger partial charge < -0.3 is 10.6 Å². The van der Waals surface area contributed by atoms with E-state index in [1.54, 1.807) is 0 Å². The van der Waals surface area contributed by atoms with Crippen LogP contribution >= 0.6 is 11.6 Å². The fraction of sp³-hybridized carbons (Fsp3) is 0.462. The first-order chi connectivity index (χ1) is 8.06. The van der Waals surface area contributed by atoms with Gasteiger partial charge >= 0.3 is 0 Å². The van der Waals surface area contributed by atoms with Crippen molar-refractivity contribution in [1.29, 1.82) is 0 Å². The zero-order chi connectivity index (χ0) is 12.4. The largest absolute Gasteiger partial charge is 0.374 e. The van der Waals surface area contributed by atoms with Gasteiger partial charge in [-0.15, -0.1) is 0 Å². The molecule has 0 heterocycles. The van der Waals surface area contributed by atoms with Crippen molar-refractivity contribution in [2.24, 2.45) is 0 Å². The van der Waals surface area contributed by atoms with Crippen molar-refractivity contribution in [3.05, 3.63) is 28.8 Å². The summed E-state index contributed by atoms with van der Waals surface area (Å²) >= 11 is 6.03. The van der Waals surface area contributed by atoms with Crippen LogP contribution in [-0.4, -0.2) is 18.0 Å². The minimum Gasteiger partial charge on any atom is -0.374 e. The van der Waals surface area contributed by atoms with E-state index >= 15 is 0 Å². The van der Waals surface area contributed by atoms with Gasteiger partial charge in [0.15, 0.2) is 0 Å². The van der Waals surface area contributed by atoms with Gasteiger partial charge in [0.2, 0.25) is 5.91 Å². The zero-order valence-corrected chi connectivity index (χ0v) is 10.8. The first-order valence-corrected chi connectivity index (χ1v) is 6.27. The van der Waals surface area contributed by atoms with Crippen molar-refractivity contribution in [3.8, 4) is 0 Å². The predicted molar refractivity (Wildman–Crippen MR) is 70.4 cm³/mol. The molecule has 0 spiro atoms. The second-order valence-electron chi connectivity index (χ2n) is 4.61. The number of nitrogens with one attached hydrogen (secondary N) is 2. The molecule has 1 unspecified atom stereocenters. The summed E-state index contributed by atoms with van der Waals surface area (Å²) in [6, 6.07) is 5.87. The Morgan fingerprint density at radius 3 is 2.76 bits per heavy atom. The molecule has 0 bridgehead atoms. The third kappa shape index (κ3) is 3.37. The average Bonchev–Trinajstić information content (AvgIpc) is 3.07. The van der Waals surface area contributed by atoms with Gasteiger partial charge in [0.05, 0.1) is 0 Å². The van der Waals surface area contributed by atoms with Gasteiger partial charge in [-0.25, -0.2) is 0 Å². The van der Waals surface area contributed by atoms with Crippen LogP contribution in [0.1, 0.15) is 25.3 Å². The summed E-state index contributed by atoms with van der Waals surface area (Å²) in [5, 5.41) is 6.82.